The maximum Gasteiger partial charge on any atom is 0.322 e. The van der Waals surface area contributed by atoms with Gasteiger partial charge in [-0.05, 0) is 43.5 Å². The van der Waals surface area contributed by atoms with Crippen molar-refractivity contribution < 1.29 is 9.53 Å². The van der Waals surface area contributed by atoms with E-state index in [0.29, 0.717) is 25.6 Å². The van der Waals surface area contributed by atoms with E-state index in [-0.39, 0.29) is 6.03 Å². The van der Waals surface area contributed by atoms with Crippen molar-refractivity contribution in [2.45, 2.75) is 33.7 Å². The normalized spacial score (nSPS) is 13.4. The fourth-order valence-electron chi connectivity index (χ4n) is 2.86. The van der Waals surface area contributed by atoms with Gasteiger partial charge in [0, 0.05) is 31.3 Å². The molecule has 2 heterocycles. The number of carbonyl (C=O) groups excluding carboxylic acids is 1. The largest absolute Gasteiger partial charge is 0.478 e. The molecule has 1 N–H and O–H groups in total. The van der Waals surface area contributed by atoms with Gasteiger partial charge in [0.15, 0.2) is 0 Å². The van der Waals surface area contributed by atoms with E-state index in [2.05, 4.69) is 10.3 Å². The molecule has 24 heavy (non-hydrogen) atoms. The SMILES string of the molecule is CCOc1ccc2c(n1)CCN(C(=O)Nc1cc(C)ccc1C)C2. The Kier molecular flexibility index (Phi) is 4.69. The van der Waals surface area contributed by atoms with Crippen LogP contribution in [0, 0.1) is 13.8 Å². The predicted octanol–water partition coefficient (Wildman–Crippen LogP) is 3.69. The molecule has 0 saturated heterocycles. The smallest absolute Gasteiger partial charge is 0.322 e. The van der Waals surface area contributed by atoms with E-state index in [0.717, 1.165) is 34.5 Å². The summed E-state index contributed by atoms with van der Waals surface area (Å²) in [7, 11) is 0. The summed E-state index contributed by atoms with van der Waals surface area (Å²) in [5.74, 6) is 0.657. The lowest BCUT2D eigenvalue weighted by atomic mass is 10.1. The number of benzene rings is 1. The molecule has 2 amide bonds. The topological polar surface area (TPSA) is 54.5 Å². The molecule has 1 aromatic carbocycles. The van der Waals surface area contributed by atoms with Crippen molar-refractivity contribution in [3.63, 3.8) is 0 Å². The third kappa shape index (κ3) is 3.50. The van der Waals surface area contributed by atoms with Gasteiger partial charge >= 0.3 is 6.03 Å². The van der Waals surface area contributed by atoms with Gasteiger partial charge in [-0.3, -0.25) is 0 Å². The molecule has 1 aliphatic heterocycles. The van der Waals surface area contributed by atoms with Gasteiger partial charge in [0.1, 0.15) is 0 Å². The van der Waals surface area contributed by atoms with Crippen LogP contribution in [-0.2, 0) is 13.0 Å². The lowest BCUT2D eigenvalue weighted by molar-refractivity contribution is 0.205. The molecular formula is C19H23N3O2. The summed E-state index contributed by atoms with van der Waals surface area (Å²) in [5, 5.41) is 3.03. The lowest BCUT2D eigenvalue weighted by Gasteiger charge is -2.28. The molecule has 0 radical (unpaired) electrons. The van der Waals surface area contributed by atoms with Gasteiger partial charge < -0.3 is 15.0 Å². The maximum absolute atomic E-state index is 12.6. The number of rotatable bonds is 3. The van der Waals surface area contributed by atoms with Crippen LogP contribution in [-0.4, -0.2) is 29.1 Å². The Balaban J connectivity index is 1.70. The standard InChI is InChI=1S/C19H23N3O2/c1-4-24-18-8-7-15-12-22(10-9-16(15)20-18)19(23)21-17-11-13(2)5-6-14(17)3/h5-8,11H,4,9-10,12H2,1-3H3,(H,21,23). The average molecular weight is 325 g/mol. The number of anilines is 1. The van der Waals surface area contributed by atoms with Gasteiger partial charge in [-0.2, -0.15) is 0 Å². The van der Waals surface area contributed by atoms with E-state index in [9.17, 15) is 4.79 Å². The summed E-state index contributed by atoms with van der Waals surface area (Å²) in [6, 6.07) is 9.88. The number of nitrogens with zero attached hydrogens (tertiary/aromatic N) is 2. The van der Waals surface area contributed by atoms with Crippen molar-refractivity contribution in [1.82, 2.24) is 9.88 Å². The highest BCUT2D eigenvalue weighted by Gasteiger charge is 2.22. The minimum Gasteiger partial charge on any atom is -0.478 e. The molecule has 0 saturated carbocycles. The first-order valence-corrected chi connectivity index (χ1v) is 8.31. The number of ether oxygens (including phenoxy) is 1. The first kappa shape index (κ1) is 16.3. The third-order valence-electron chi connectivity index (χ3n) is 4.24. The number of nitrogens with one attached hydrogen (secondary N) is 1. The molecule has 0 bridgehead atoms. The van der Waals surface area contributed by atoms with Gasteiger partial charge in [0.25, 0.3) is 0 Å². The van der Waals surface area contributed by atoms with Crippen molar-refractivity contribution in [3.8, 4) is 5.88 Å². The number of hydrogen-bond donors (Lipinski definition) is 1. The Labute approximate surface area is 142 Å². The average Bonchev–Trinajstić information content (AvgIpc) is 2.58. The van der Waals surface area contributed by atoms with Crippen LogP contribution in [0.4, 0.5) is 10.5 Å². The van der Waals surface area contributed by atoms with E-state index < -0.39 is 0 Å². The molecule has 0 spiro atoms. The molecule has 2 aromatic rings. The molecular weight excluding hydrogens is 302 g/mol. The summed E-state index contributed by atoms with van der Waals surface area (Å²) < 4.78 is 5.45. The predicted molar refractivity (Wildman–Crippen MR) is 94.5 cm³/mol. The lowest BCUT2D eigenvalue weighted by Crippen LogP contribution is -2.39. The quantitative estimate of drug-likeness (QED) is 0.936. The van der Waals surface area contributed by atoms with Crippen LogP contribution in [0.5, 0.6) is 5.88 Å². The fraction of sp³-hybridized carbons (Fsp3) is 0.368. The van der Waals surface area contributed by atoms with E-state index in [4.69, 9.17) is 4.74 Å². The van der Waals surface area contributed by atoms with Crippen LogP contribution < -0.4 is 10.1 Å². The molecule has 1 aliphatic rings. The van der Waals surface area contributed by atoms with Gasteiger partial charge in [-0.25, -0.2) is 9.78 Å². The molecule has 5 heteroatoms. The van der Waals surface area contributed by atoms with Gasteiger partial charge in [-0.1, -0.05) is 18.2 Å². The Morgan fingerprint density at radius 3 is 2.92 bits per heavy atom. The summed E-state index contributed by atoms with van der Waals surface area (Å²) >= 11 is 0. The number of carbonyl (C=O) groups is 1. The Hall–Kier alpha value is -2.56. The number of fused-ring (bicyclic) bond motifs is 1. The summed E-state index contributed by atoms with van der Waals surface area (Å²) in [6.45, 7) is 7.81. The van der Waals surface area contributed by atoms with Crippen molar-refractivity contribution in [3.05, 3.63) is 52.7 Å². The number of amides is 2. The highest BCUT2D eigenvalue weighted by atomic mass is 16.5. The summed E-state index contributed by atoms with van der Waals surface area (Å²) in [4.78, 5) is 18.9. The zero-order valence-electron chi connectivity index (χ0n) is 14.4. The van der Waals surface area contributed by atoms with Crippen molar-refractivity contribution in [1.29, 1.82) is 0 Å². The van der Waals surface area contributed by atoms with Crippen LogP contribution in [0.3, 0.4) is 0 Å². The highest BCUT2D eigenvalue weighted by molar-refractivity contribution is 5.90. The van der Waals surface area contributed by atoms with Crippen LogP contribution in [0.25, 0.3) is 0 Å². The zero-order chi connectivity index (χ0) is 17.1. The molecule has 0 atom stereocenters. The minimum atomic E-state index is -0.0664. The fourth-order valence-corrected chi connectivity index (χ4v) is 2.86. The number of hydrogen-bond acceptors (Lipinski definition) is 3. The molecule has 1 aromatic heterocycles. The highest BCUT2D eigenvalue weighted by Crippen LogP contribution is 2.22. The molecule has 126 valence electrons. The maximum atomic E-state index is 12.6. The van der Waals surface area contributed by atoms with Crippen LogP contribution in [0.15, 0.2) is 30.3 Å². The van der Waals surface area contributed by atoms with Crippen LogP contribution in [0.2, 0.25) is 0 Å². The first-order valence-electron chi connectivity index (χ1n) is 8.31. The number of urea groups is 1. The second-order valence-corrected chi connectivity index (χ2v) is 6.11. The Morgan fingerprint density at radius 1 is 1.29 bits per heavy atom. The van der Waals surface area contributed by atoms with Crippen molar-refractivity contribution in [2.75, 3.05) is 18.5 Å². The molecule has 0 unspecified atom stereocenters. The molecule has 3 rings (SSSR count). The number of aromatic nitrogens is 1. The van der Waals surface area contributed by atoms with E-state index in [1.165, 1.54) is 0 Å². The number of aryl methyl sites for hydroxylation is 2. The van der Waals surface area contributed by atoms with Gasteiger partial charge in [-0.15, -0.1) is 0 Å². The Bertz CT molecular complexity index is 758. The molecule has 5 nitrogen and oxygen atoms in total. The van der Waals surface area contributed by atoms with E-state index in [1.807, 2.05) is 56.0 Å². The van der Waals surface area contributed by atoms with Gasteiger partial charge in [0.2, 0.25) is 5.88 Å². The number of pyridine rings is 1. The molecule has 0 fully saturated rings. The first-order chi connectivity index (χ1) is 11.6. The van der Waals surface area contributed by atoms with Crippen molar-refractivity contribution >= 4 is 11.7 Å². The second-order valence-electron chi connectivity index (χ2n) is 6.11. The van der Waals surface area contributed by atoms with Crippen LogP contribution in [0.1, 0.15) is 29.3 Å². The monoisotopic (exact) mass is 325 g/mol. The Morgan fingerprint density at radius 2 is 2.12 bits per heavy atom. The minimum absolute atomic E-state index is 0.0664. The third-order valence-corrected chi connectivity index (χ3v) is 4.24. The van der Waals surface area contributed by atoms with E-state index in [1.54, 1.807) is 0 Å². The van der Waals surface area contributed by atoms with Crippen LogP contribution >= 0.6 is 0 Å². The van der Waals surface area contributed by atoms with Crippen molar-refractivity contribution in [2.24, 2.45) is 0 Å². The zero-order valence-corrected chi connectivity index (χ0v) is 14.4. The summed E-state index contributed by atoms with van der Waals surface area (Å²) in [5.41, 5.74) is 5.18. The summed E-state index contributed by atoms with van der Waals surface area (Å²) in [6.07, 6.45) is 0.746. The van der Waals surface area contributed by atoms with Gasteiger partial charge in [0.05, 0.1) is 12.3 Å². The molecule has 0 aliphatic carbocycles. The van der Waals surface area contributed by atoms with E-state index >= 15 is 0 Å². The second kappa shape index (κ2) is 6.91.